The SMILES string of the molecule is CCN(CC)CCNC(=O)c1cc(N(S(C)(=O)=O)S(C)(=O)=O)c(Cl)cc1OC. The molecule has 0 saturated heterocycles. The summed E-state index contributed by atoms with van der Waals surface area (Å²) >= 11 is 6.09. The van der Waals surface area contributed by atoms with Crippen molar-refractivity contribution in [2.75, 3.05) is 49.5 Å². The third kappa shape index (κ3) is 6.23. The number of likely N-dealkylation sites (N-methyl/N-ethyl adjacent to an activating group) is 1. The molecule has 0 bridgehead atoms. The molecule has 0 heterocycles. The molecular formula is C16H26ClN3O6S2. The lowest BCUT2D eigenvalue weighted by Gasteiger charge is -2.22. The highest BCUT2D eigenvalue weighted by Gasteiger charge is 2.31. The fraction of sp³-hybridized carbons (Fsp3) is 0.562. The number of sulfonamides is 2. The predicted molar refractivity (Wildman–Crippen MR) is 110 cm³/mol. The van der Waals surface area contributed by atoms with Gasteiger partial charge in [-0.25, -0.2) is 16.8 Å². The standard InChI is InChI=1S/C16H26ClN3O6S2/c1-6-19(7-2)9-8-18-16(21)12-10-14(13(17)11-15(12)26-3)20(27(4,22)23)28(5,24)25/h10-11H,6-9H2,1-5H3,(H,18,21). The first-order valence-corrected chi connectivity index (χ1v) is 12.5. The number of carbonyl (C=O) groups is 1. The van der Waals surface area contributed by atoms with Crippen LogP contribution < -0.4 is 13.8 Å². The number of ether oxygens (including phenoxy) is 1. The third-order valence-electron chi connectivity index (χ3n) is 3.92. The lowest BCUT2D eigenvalue weighted by molar-refractivity contribution is 0.0946. The normalized spacial score (nSPS) is 12.1. The Labute approximate surface area is 171 Å². The number of anilines is 1. The fourth-order valence-corrected chi connectivity index (χ4v) is 5.92. The minimum absolute atomic E-state index is 0.0289. The van der Waals surface area contributed by atoms with Gasteiger partial charge in [-0.2, -0.15) is 3.71 Å². The maximum Gasteiger partial charge on any atom is 0.255 e. The molecule has 28 heavy (non-hydrogen) atoms. The number of benzene rings is 1. The van der Waals surface area contributed by atoms with Crippen LogP contribution in [-0.4, -0.2) is 73.4 Å². The molecule has 160 valence electrons. The van der Waals surface area contributed by atoms with Gasteiger partial charge in [0.1, 0.15) is 5.75 Å². The Balaban J connectivity index is 3.34. The van der Waals surface area contributed by atoms with Crippen molar-refractivity contribution in [1.82, 2.24) is 10.2 Å². The molecule has 12 heteroatoms. The molecule has 0 spiro atoms. The van der Waals surface area contributed by atoms with Gasteiger partial charge < -0.3 is 15.0 Å². The van der Waals surface area contributed by atoms with Gasteiger partial charge in [0.05, 0.1) is 35.9 Å². The zero-order valence-electron chi connectivity index (χ0n) is 16.5. The van der Waals surface area contributed by atoms with Crippen LogP contribution >= 0.6 is 11.6 Å². The van der Waals surface area contributed by atoms with E-state index in [2.05, 4.69) is 10.2 Å². The molecule has 0 aliphatic heterocycles. The van der Waals surface area contributed by atoms with E-state index in [1.165, 1.54) is 13.2 Å². The van der Waals surface area contributed by atoms with E-state index in [0.29, 0.717) is 13.1 Å². The average Bonchev–Trinajstić information content (AvgIpc) is 2.57. The van der Waals surface area contributed by atoms with Gasteiger partial charge in [-0.3, -0.25) is 4.79 Å². The summed E-state index contributed by atoms with van der Waals surface area (Å²) in [5.41, 5.74) is -0.375. The molecule has 0 saturated carbocycles. The van der Waals surface area contributed by atoms with E-state index in [1.807, 2.05) is 13.8 Å². The summed E-state index contributed by atoms with van der Waals surface area (Å²) in [4.78, 5) is 14.7. The summed E-state index contributed by atoms with van der Waals surface area (Å²) in [6.45, 7) is 6.65. The second kappa shape index (κ2) is 9.77. The Morgan fingerprint density at radius 2 is 1.64 bits per heavy atom. The van der Waals surface area contributed by atoms with Crippen LogP contribution in [0.5, 0.6) is 5.75 Å². The number of rotatable bonds is 10. The van der Waals surface area contributed by atoms with Gasteiger partial charge in [0.25, 0.3) is 5.91 Å². The maximum atomic E-state index is 12.6. The summed E-state index contributed by atoms with van der Waals surface area (Å²) in [6.07, 6.45) is 1.47. The molecule has 1 N–H and O–H groups in total. The van der Waals surface area contributed by atoms with Crippen molar-refractivity contribution < 1.29 is 26.4 Å². The second-order valence-corrected chi connectivity index (χ2v) is 10.3. The summed E-state index contributed by atoms with van der Waals surface area (Å²) < 4.78 is 53.5. The molecule has 0 aromatic heterocycles. The zero-order chi connectivity index (χ0) is 21.7. The van der Waals surface area contributed by atoms with Gasteiger partial charge in [0, 0.05) is 19.2 Å². The topological polar surface area (TPSA) is 113 Å². The largest absolute Gasteiger partial charge is 0.496 e. The van der Waals surface area contributed by atoms with Gasteiger partial charge in [-0.05, 0) is 19.2 Å². The van der Waals surface area contributed by atoms with Crippen LogP contribution in [0.25, 0.3) is 0 Å². The van der Waals surface area contributed by atoms with Crippen molar-refractivity contribution in [2.24, 2.45) is 0 Å². The van der Waals surface area contributed by atoms with E-state index < -0.39 is 26.0 Å². The number of hydrogen-bond donors (Lipinski definition) is 1. The zero-order valence-corrected chi connectivity index (χ0v) is 18.9. The van der Waals surface area contributed by atoms with Gasteiger partial charge >= 0.3 is 0 Å². The summed E-state index contributed by atoms with van der Waals surface area (Å²) in [7, 11) is -7.10. The molecule has 0 radical (unpaired) electrons. The molecule has 0 atom stereocenters. The van der Waals surface area contributed by atoms with E-state index in [0.717, 1.165) is 31.7 Å². The summed E-state index contributed by atoms with van der Waals surface area (Å²) in [5, 5.41) is 2.53. The summed E-state index contributed by atoms with van der Waals surface area (Å²) in [6, 6.07) is 2.30. The fourth-order valence-electron chi connectivity index (χ4n) is 2.60. The van der Waals surface area contributed by atoms with Crippen molar-refractivity contribution in [1.29, 1.82) is 0 Å². The highest BCUT2D eigenvalue weighted by molar-refractivity contribution is 8.09. The van der Waals surface area contributed by atoms with Crippen molar-refractivity contribution in [3.63, 3.8) is 0 Å². The molecule has 0 unspecified atom stereocenters. The van der Waals surface area contributed by atoms with E-state index in [4.69, 9.17) is 16.3 Å². The minimum atomic E-state index is -4.21. The van der Waals surface area contributed by atoms with Crippen molar-refractivity contribution in [3.8, 4) is 5.75 Å². The van der Waals surface area contributed by atoms with Crippen LogP contribution in [0.15, 0.2) is 12.1 Å². The average molecular weight is 456 g/mol. The molecule has 1 aromatic carbocycles. The monoisotopic (exact) mass is 455 g/mol. The maximum absolute atomic E-state index is 12.6. The molecule has 0 aliphatic rings. The predicted octanol–water partition coefficient (Wildman–Crippen LogP) is 1.15. The quantitative estimate of drug-likeness (QED) is 0.562. The Morgan fingerprint density at radius 1 is 1.11 bits per heavy atom. The lowest BCUT2D eigenvalue weighted by atomic mass is 10.1. The van der Waals surface area contributed by atoms with Gasteiger partial charge in [0.15, 0.2) is 0 Å². The van der Waals surface area contributed by atoms with Crippen molar-refractivity contribution >= 4 is 43.2 Å². The Hall–Kier alpha value is -1.56. The Kier molecular flexibility index (Phi) is 8.54. The number of carbonyl (C=O) groups excluding carboxylic acids is 1. The first-order chi connectivity index (χ1) is 12.9. The smallest absolute Gasteiger partial charge is 0.255 e. The molecule has 1 amide bonds. The molecule has 0 aliphatic carbocycles. The second-order valence-electron chi connectivity index (χ2n) is 6.01. The van der Waals surface area contributed by atoms with Crippen LogP contribution in [0.3, 0.4) is 0 Å². The van der Waals surface area contributed by atoms with Crippen LogP contribution in [0, 0.1) is 0 Å². The van der Waals surface area contributed by atoms with Crippen LogP contribution in [0.2, 0.25) is 5.02 Å². The molecule has 1 rings (SSSR count). The lowest BCUT2D eigenvalue weighted by Crippen LogP contribution is -2.36. The van der Waals surface area contributed by atoms with Crippen LogP contribution in [0.1, 0.15) is 24.2 Å². The molecule has 1 aromatic rings. The number of methoxy groups -OCH3 is 1. The van der Waals surface area contributed by atoms with Crippen LogP contribution in [-0.2, 0) is 20.0 Å². The summed E-state index contributed by atoms with van der Waals surface area (Å²) in [5.74, 6) is -0.445. The number of amides is 1. The Morgan fingerprint density at radius 3 is 2.07 bits per heavy atom. The minimum Gasteiger partial charge on any atom is -0.496 e. The Bertz CT molecular complexity index is 883. The first kappa shape index (κ1) is 24.5. The van der Waals surface area contributed by atoms with E-state index in [1.54, 1.807) is 0 Å². The first-order valence-electron chi connectivity index (χ1n) is 8.45. The molecule has 9 nitrogen and oxygen atoms in total. The van der Waals surface area contributed by atoms with Crippen molar-refractivity contribution in [2.45, 2.75) is 13.8 Å². The van der Waals surface area contributed by atoms with Crippen LogP contribution in [0.4, 0.5) is 5.69 Å². The molecular weight excluding hydrogens is 430 g/mol. The molecule has 0 fully saturated rings. The van der Waals surface area contributed by atoms with Crippen molar-refractivity contribution in [3.05, 3.63) is 22.7 Å². The number of nitrogens with zero attached hydrogens (tertiary/aromatic N) is 2. The highest BCUT2D eigenvalue weighted by Crippen LogP contribution is 2.35. The van der Waals surface area contributed by atoms with Gasteiger partial charge in [-0.15, -0.1) is 0 Å². The highest BCUT2D eigenvalue weighted by atomic mass is 35.5. The van der Waals surface area contributed by atoms with E-state index >= 15 is 0 Å². The van der Waals surface area contributed by atoms with E-state index in [9.17, 15) is 21.6 Å². The third-order valence-corrected chi connectivity index (χ3v) is 7.45. The van der Waals surface area contributed by atoms with E-state index in [-0.39, 0.29) is 25.7 Å². The van der Waals surface area contributed by atoms with Gasteiger partial charge in [0.2, 0.25) is 20.0 Å². The number of nitrogens with one attached hydrogen (secondary N) is 1. The number of hydrogen-bond acceptors (Lipinski definition) is 7. The number of halogens is 1. The van der Waals surface area contributed by atoms with Gasteiger partial charge in [-0.1, -0.05) is 25.4 Å².